The normalized spacial score (nSPS) is 22.9. The van der Waals surface area contributed by atoms with Gasteiger partial charge in [0, 0.05) is 45.7 Å². The maximum absolute atomic E-state index is 12.8. The van der Waals surface area contributed by atoms with Crippen molar-refractivity contribution >= 4 is 23.8 Å². The zero-order valence-electron chi connectivity index (χ0n) is 22.5. The van der Waals surface area contributed by atoms with Crippen LogP contribution in [0.4, 0.5) is 4.79 Å². The molecule has 2 fully saturated rings. The van der Waals surface area contributed by atoms with Gasteiger partial charge in [0.2, 0.25) is 17.7 Å². The van der Waals surface area contributed by atoms with Gasteiger partial charge in [-0.3, -0.25) is 14.4 Å². The van der Waals surface area contributed by atoms with Crippen LogP contribution in [0.5, 0.6) is 0 Å². The Morgan fingerprint density at radius 3 is 2.54 bits per heavy atom. The minimum Gasteiger partial charge on any atom is -0.445 e. The quantitative estimate of drug-likeness (QED) is 0.480. The first-order chi connectivity index (χ1) is 19.0. The molecule has 2 atom stereocenters. The number of rotatable bonds is 4. The van der Waals surface area contributed by atoms with E-state index in [1.54, 1.807) is 4.90 Å². The van der Waals surface area contributed by atoms with Crippen LogP contribution in [0, 0.1) is 11.8 Å². The molecule has 0 unspecified atom stereocenters. The van der Waals surface area contributed by atoms with Gasteiger partial charge in [-0.15, -0.1) is 0 Å². The molecule has 0 aromatic heterocycles. The number of likely N-dealkylation sites (tertiary alicyclic amines) is 1. The predicted molar refractivity (Wildman–Crippen MR) is 142 cm³/mol. The molecular weight excluding hydrogens is 506 g/mol. The summed E-state index contributed by atoms with van der Waals surface area (Å²) >= 11 is 0. The molecule has 0 spiro atoms. The molecule has 39 heavy (non-hydrogen) atoms. The van der Waals surface area contributed by atoms with Crippen LogP contribution in [0.25, 0.3) is 0 Å². The number of amides is 4. The lowest BCUT2D eigenvalue weighted by atomic mass is 9.81. The summed E-state index contributed by atoms with van der Waals surface area (Å²) in [5.74, 6) is -0.663. The van der Waals surface area contributed by atoms with Gasteiger partial charge in [-0.05, 0) is 30.2 Å². The van der Waals surface area contributed by atoms with Crippen molar-refractivity contribution in [3.8, 4) is 0 Å². The third-order valence-electron chi connectivity index (χ3n) is 6.89. The molecular formula is C27H41N5O7. The maximum atomic E-state index is 12.8. The lowest BCUT2D eigenvalue weighted by Crippen LogP contribution is -2.47. The van der Waals surface area contributed by atoms with Gasteiger partial charge in [-0.2, -0.15) is 0 Å². The Bertz CT molecular complexity index is 932. The third-order valence-corrected chi connectivity index (χ3v) is 6.89. The summed E-state index contributed by atoms with van der Waals surface area (Å²) < 4.78 is 16.4. The number of carbonyl (C=O) groups is 4. The summed E-state index contributed by atoms with van der Waals surface area (Å²) in [6.07, 6.45) is 1.16. The fraction of sp³-hybridized carbons (Fsp3) is 0.630. The topological polar surface area (TPSA) is 153 Å². The van der Waals surface area contributed by atoms with Gasteiger partial charge in [-0.1, -0.05) is 30.3 Å². The first-order valence-corrected chi connectivity index (χ1v) is 13.6. The minimum atomic E-state index is -0.392. The van der Waals surface area contributed by atoms with Crippen molar-refractivity contribution in [3.05, 3.63) is 35.9 Å². The van der Waals surface area contributed by atoms with Crippen LogP contribution in [0.15, 0.2) is 30.3 Å². The van der Waals surface area contributed by atoms with Crippen LogP contribution in [0.3, 0.4) is 0 Å². The number of nitrogens with zero attached hydrogens (tertiary/aromatic N) is 2. The molecule has 3 rings (SSSR count). The van der Waals surface area contributed by atoms with Gasteiger partial charge in [-0.25, -0.2) is 4.79 Å². The highest BCUT2D eigenvalue weighted by Crippen LogP contribution is 2.29. The van der Waals surface area contributed by atoms with Crippen molar-refractivity contribution in [1.29, 1.82) is 0 Å². The van der Waals surface area contributed by atoms with Crippen LogP contribution < -0.4 is 16.4 Å². The number of fused-ring (bicyclic) bond motifs is 1. The molecule has 0 saturated carbocycles. The molecule has 2 saturated heterocycles. The van der Waals surface area contributed by atoms with E-state index < -0.39 is 6.09 Å². The molecule has 2 heterocycles. The summed E-state index contributed by atoms with van der Waals surface area (Å²) in [5.41, 5.74) is 6.53. The van der Waals surface area contributed by atoms with E-state index in [0.29, 0.717) is 52.0 Å². The zero-order valence-corrected chi connectivity index (χ0v) is 22.5. The molecule has 4 N–H and O–H groups in total. The second kappa shape index (κ2) is 16.7. The number of piperidine rings is 1. The molecule has 0 aliphatic carbocycles. The van der Waals surface area contributed by atoms with Crippen LogP contribution in [-0.4, -0.2) is 106 Å². The first-order valence-electron chi connectivity index (χ1n) is 13.6. The summed E-state index contributed by atoms with van der Waals surface area (Å²) in [4.78, 5) is 53.5. The van der Waals surface area contributed by atoms with Crippen LogP contribution in [0.1, 0.15) is 24.8 Å². The second-order valence-corrected chi connectivity index (χ2v) is 9.76. The highest BCUT2D eigenvalue weighted by molar-refractivity contribution is 5.85. The van der Waals surface area contributed by atoms with Crippen molar-refractivity contribution < 1.29 is 33.4 Å². The van der Waals surface area contributed by atoms with Crippen LogP contribution >= 0.6 is 0 Å². The van der Waals surface area contributed by atoms with Crippen LogP contribution in [-0.2, 0) is 35.2 Å². The Morgan fingerprint density at radius 1 is 0.974 bits per heavy atom. The molecule has 2 aliphatic rings. The second-order valence-electron chi connectivity index (χ2n) is 9.76. The molecule has 12 heteroatoms. The Morgan fingerprint density at radius 2 is 1.74 bits per heavy atom. The van der Waals surface area contributed by atoms with E-state index in [1.165, 1.54) is 4.90 Å². The monoisotopic (exact) mass is 547 g/mol. The summed E-state index contributed by atoms with van der Waals surface area (Å²) in [6, 6.07) is 9.48. The van der Waals surface area contributed by atoms with Gasteiger partial charge in [0.25, 0.3) is 0 Å². The smallest absolute Gasteiger partial charge is 0.410 e. The highest BCUT2D eigenvalue weighted by Gasteiger charge is 2.33. The number of ether oxygens (including phenoxy) is 3. The van der Waals surface area contributed by atoms with Gasteiger partial charge in [0.15, 0.2) is 0 Å². The molecule has 0 radical (unpaired) electrons. The fourth-order valence-electron chi connectivity index (χ4n) is 4.77. The van der Waals surface area contributed by atoms with Crippen molar-refractivity contribution in [1.82, 2.24) is 20.4 Å². The molecule has 12 nitrogen and oxygen atoms in total. The third kappa shape index (κ3) is 10.8. The van der Waals surface area contributed by atoms with E-state index in [2.05, 4.69) is 10.6 Å². The van der Waals surface area contributed by atoms with E-state index in [4.69, 9.17) is 19.9 Å². The SMILES string of the molecule is NCCN1CC(=O)NCC[C@H]2CN(C(=O)OCc3ccccc3)CC[C@H]2CC(=O)NCCOCCOCC1=O. The molecule has 0 bridgehead atoms. The fourth-order valence-corrected chi connectivity index (χ4v) is 4.77. The average molecular weight is 548 g/mol. The Hall–Kier alpha value is -3.22. The number of benzene rings is 1. The van der Waals surface area contributed by atoms with Gasteiger partial charge >= 0.3 is 6.09 Å². The van der Waals surface area contributed by atoms with Crippen molar-refractivity contribution in [2.24, 2.45) is 17.6 Å². The lowest BCUT2D eigenvalue weighted by molar-refractivity contribution is -0.140. The van der Waals surface area contributed by atoms with Gasteiger partial charge in [0.05, 0.1) is 26.4 Å². The van der Waals surface area contributed by atoms with E-state index in [9.17, 15) is 19.2 Å². The average Bonchev–Trinajstić information content (AvgIpc) is 2.93. The Balaban J connectivity index is 1.61. The largest absolute Gasteiger partial charge is 0.445 e. The van der Waals surface area contributed by atoms with E-state index >= 15 is 0 Å². The van der Waals surface area contributed by atoms with Gasteiger partial charge in [0.1, 0.15) is 13.2 Å². The highest BCUT2D eigenvalue weighted by atomic mass is 16.6. The van der Waals surface area contributed by atoms with Gasteiger partial charge < -0.3 is 40.4 Å². The molecule has 1 aromatic carbocycles. The number of hydrogen-bond donors (Lipinski definition) is 3. The lowest BCUT2D eigenvalue weighted by Gasteiger charge is -2.38. The number of hydrogen-bond acceptors (Lipinski definition) is 8. The maximum Gasteiger partial charge on any atom is 0.410 e. The Kier molecular flexibility index (Phi) is 13.0. The van der Waals surface area contributed by atoms with Crippen molar-refractivity contribution in [2.75, 3.05) is 72.2 Å². The molecule has 4 amide bonds. The molecule has 1 aromatic rings. The van der Waals surface area contributed by atoms with E-state index in [0.717, 1.165) is 5.56 Å². The van der Waals surface area contributed by atoms with Crippen molar-refractivity contribution in [3.63, 3.8) is 0 Å². The number of carbonyl (C=O) groups excluding carboxylic acids is 4. The predicted octanol–water partition coefficient (Wildman–Crippen LogP) is 0.108. The Labute approximate surface area is 229 Å². The summed E-state index contributed by atoms with van der Waals surface area (Å²) in [6.45, 7) is 2.83. The molecule has 216 valence electrons. The summed E-state index contributed by atoms with van der Waals surface area (Å²) in [7, 11) is 0. The minimum absolute atomic E-state index is 0.0115. The summed E-state index contributed by atoms with van der Waals surface area (Å²) in [5, 5.41) is 5.75. The van der Waals surface area contributed by atoms with E-state index in [-0.39, 0.29) is 75.6 Å². The standard InChI is InChI=1S/C27H41N5O7/c28-8-12-31-18-25(34)29-9-6-23-17-32(27(36)39-19-21-4-2-1-3-5-21)11-7-22(23)16-24(33)30-10-13-37-14-15-38-20-26(31)35/h1-5,22-23H,6-20,28H2,(H,29,34)(H,30,33)/t22-,23-/m0/s1. The number of nitrogens with two attached hydrogens (primary N) is 1. The van der Waals surface area contributed by atoms with Crippen LogP contribution in [0.2, 0.25) is 0 Å². The molecule has 2 aliphatic heterocycles. The van der Waals surface area contributed by atoms with Crippen molar-refractivity contribution in [2.45, 2.75) is 25.9 Å². The van der Waals surface area contributed by atoms with E-state index in [1.807, 2.05) is 30.3 Å². The zero-order chi connectivity index (χ0) is 27.9. The first kappa shape index (κ1) is 30.3. The number of nitrogens with one attached hydrogen (secondary N) is 2.